The molecular formula is C32H31FN10O2S. The van der Waals surface area contributed by atoms with E-state index in [2.05, 4.69) is 26.7 Å². The molecule has 0 unspecified atom stereocenters. The molecule has 1 amide bonds. The number of halogens is 1. The summed E-state index contributed by atoms with van der Waals surface area (Å²) < 4.78 is 15.5. The first-order valence-electron chi connectivity index (χ1n) is 15.0. The van der Waals surface area contributed by atoms with Crippen molar-refractivity contribution in [2.45, 2.75) is 38.0 Å². The van der Waals surface area contributed by atoms with E-state index in [1.807, 2.05) is 46.5 Å². The highest BCUT2D eigenvalue weighted by Gasteiger charge is 2.34. The van der Waals surface area contributed by atoms with Crippen molar-refractivity contribution in [3.8, 4) is 28.5 Å². The van der Waals surface area contributed by atoms with E-state index in [9.17, 15) is 19.6 Å². The number of β-amino-alcohol motifs (C(OH)–C–C–N with tert-alkyl or cyclic N) is 1. The lowest BCUT2D eigenvalue weighted by Gasteiger charge is -2.39. The van der Waals surface area contributed by atoms with Crippen molar-refractivity contribution >= 4 is 39.8 Å². The van der Waals surface area contributed by atoms with E-state index < -0.39 is 6.10 Å². The Labute approximate surface area is 268 Å². The number of pyridine rings is 1. The largest absolute Gasteiger partial charge is 0.392 e. The van der Waals surface area contributed by atoms with Crippen LogP contribution in [0.25, 0.3) is 28.0 Å². The maximum Gasteiger partial charge on any atom is 0.237 e. The van der Waals surface area contributed by atoms with Crippen molar-refractivity contribution in [3.05, 3.63) is 71.4 Å². The average molecular weight is 639 g/mol. The summed E-state index contributed by atoms with van der Waals surface area (Å²) in [5.74, 6) is 0.989. The molecule has 0 radical (unpaired) electrons. The predicted molar refractivity (Wildman–Crippen MR) is 172 cm³/mol. The Morgan fingerprint density at radius 2 is 1.89 bits per heavy atom. The fourth-order valence-electron chi connectivity index (χ4n) is 5.85. The fraction of sp³-hybridized carbons (Fsp3) is 0.312. The molecule has 12 nitrogen and oxygen atoms in total. The zero-order chi connectivity index (χ0) is 31.9. The summed E-state index contributed by atoms with van der Waals surface area (Å²) in [4.78, 5) is 35.6. The minimum absolute atomic E-state index is 0.0102. The van der Waals surface area contributed by atoms with Gasteiger partial charge in [0, 0.05) is 62.0 Å². The second-order valence-corrected chi connectivity index (χ2v) is 12.4. The van der Waals surface area contributed by atoms with Crippen LogP contribution < -0.4 is 20.4 Å². The molecule has 234 valence electrons. The Morgan fingerprint density at radius 3 is 2.57 bits per heavy atom. The number of nitrogens with one attached hydrogen (secondary N) is 2. The van der Waals surface area contributed by atoms with Gasteiger partial charge in [0.15, 0.2) is 5.13 Å². The topological polar surface area (TPSA) is 148 Å². The van der Waals surface area contributed by atoms with E-state index in [0.717, 1.165) is 28.3 Å². The van der Waals surface area contributed by atoms with Crippen LogP contribution in [0.4, 0.5) is 21.3 Å². The Kier molecular flexibility index (Phi) is 7.81. The van der Waals surface area contributed by atoms with Crippen LogP contribution in [0.1, 0.15) is 23.9 Å². The third-order valence-corrected chi connectivity index (χ3v) is 9.38. The highest BCUT2D eigenvalue weighted by Crippen LogP contribution is 2.37. The van der Waals surface area contributed by atoms with Gasteiger partial charge in [0.1, 0.15) is 33.9 Å². The number of nitriles is 1. The van der Waals surface area contributed by atoms with E-state index in [0.29, 0.717) is 59.7 Å². The van der Waals surface area contributed by atoms with Gasteiger partial charge in [0.25, 0.3) is 0 Å². The molecule has 2 aliphatic heterocycles. The van der Waals surface area contributed by atoms with Crippen molar-refractivity contribution in [2.24, 2.45) is 0 Å². The molecule has 2 aliphatic rings. The number of imidazole rings is 1. The van der Waals surface area contributed by atoms with Gasteiger partial charge in [0.2, 0.25) is 11.9 Å². The van der Waals surface area contributed by atoms with Crippen LogP contribution in [0.5, 0.6) is 0 Å². The number of anilines is 3. The highest BCUT2D eigenvalue weighted by atomic mass is 32.1. The smallest absolute Gasteiger partial charge is 0.237 e. The number of amides is 1. The molecule has 14 heteroatoms. The van der Waals surface area contributed by atoms with Gasteiger partial charge in [0.05, 0.1) is 23.9 Å². The zero-order valence-electron chi connectivity index (χ0n) is 25.2. The van der Waals surface area contributed by atoms with Crippen LogP contribution in [0.2, 0.25) is 0 Å². The summed E-state index contributed by atoms with van der Waals surface area (Å²) in [6.07, 6.45) is 6.21. The normalized spacial score (nSPS) is 18.0. The van der Waals surface area contributed by atoms with E-state index >= 15 is 0 Å². The molecule has 4 aromatic heterocycles. The number of carbonyl (C=O) groups is 1. The molecule has 2 fully saturated rings. The third kappa shape index (κ3) is 5.53. The first-order chi connectivity index (χ1) is 22.3. The second kappa shape index (κ2) is 12.1. The number of fused-ring (bicyclic) bond motifs is 1. The molecule has 0 aliphatic carbocycles. The number of aliphatic hydroxyl groups excluding tert-OH is 1. The van der Waals surface area contributed by atoms with Gasteiger partial charge in [-0.25, -0.2) is 24.3 Å². The Balaban J connectivity index is 1.10. The van der Waals surface area contributed by atoms with E-state index in [1.165, 1.54) is 23.5 Å². The van der Waals surface area contributed by atoms with Crippen LogP contribution in [0, 0.1) is 17.1 Å². The molecular weight excluding hydrogens is 607 g/mol. The minimum atomic E-state index is -0.478. The number of aromatic nitrogens is 5. The number of rotatable bonds is 8. The molecule has 5 aromatic rings. The standard InChI is InChI=1S/C32H31FN10O2S/c1-3-24-30(41(2)32-40-28(26(11-34)46-32)18-4-7-21(33)8-5-18)43-15-19(6-9-27(43)39-24)20-12-36-31(37-13-20)42-16-22(17-42)38-29(45)25-10-23(44)14-35-25/h4-9,12-13,15,22-23,25,35,44H,3,10,14,16-17H2,1-2H3,(H,38,45)/t23-,25-/m0/s1. The molecule has 0 spiro atoms. The van der Waals surface area contributed by atoms with Gasteiger partial charge in [-0.2, -0.15) is 5.26 Å². The summed E-state index contributed by atoms with van der Waals surface area (Å²) in [7, 11) is 1.90. The summed E-state index contributed by atoms with van der Waals surface area (Å²) in [5.41, 5.74) is 4.57. The average Bonchev–Trinajstić information content (AvgIpc) is 3.79. The van der Waals surface area contributed by atoms with Crippen LogP contribution in [-0.4, -0.2) is 80.2 Å². The number of hydrogen-bond acceptors (Lipinski definition) is 11. The summed E-state index contributed by atoms with van der Waals surface area (Å²) in [6.45, 7) is 3.71. The van der Waals surface area contributed by atoms with E-state index in [-0.39, 0.29) is 23.8 Å². The first-order valence-corrected chi connectivity index (χ1v) is 15.8. The Hall–Kier alpha value is -4.97. The lowest BCUT2D eigenvalue weighted by Crippen LogP contribution is -2.61. The molecule has 46 heavy (non-hydrogen) atoms. The monoisotopic (exact) mass is 638 g/mol. The maximum absolute atomic E-state index is 13.5. The maximum atomic E-state index is 13.5. The summed E-state index contributed by atoms with van der Waals surface area (Å²) in [5, 5.41) is 26.2. The number of thiazole rings is 1. The Morgan fingerprint density at radius 1 is 1.15 bits per heavy atom. The number of nitrogens with zero attached hydrogens (tertiary/aromatic N) is 8. The van der Waals surface area contributed by atoms with Crippen molar-refractivity contribution < 1.29 is 14.3 Å². The van der Waals surface area contributed by atoms with E-state index in [1.54, 1.807) is 24.5 Å². The quantitative estimate of drug-likeness (QED) is 0.231. The third-order valence-electron chi connectivity index (χ3n) is 8.34. The molecule has 2 saturated heterocycles. The number of hydrogen-bond donors (Lipinski definition) is 3. The zero-order valence-corrected chi connectivity index (χ0v) is 26.0. The first kappa shape index (κ1) is 29.7. The number of carbonyl (C=O) groups excluding carboxylic acids is 1. The van der Waals surface area contributed by atoms with Gasteiger partial charge in [-0.1, -0.05) is 18.3 Å². The SMILES string of the molecule is CCc1nc2ccc(-c3cnc(N4CC(NC(=O)[C@@H]5C[C@H](O)CN5)C4)nc3)cn2c1N(C)c1nc(-c2ccc(F)cc2)c(C#N)s1. The van der Waals surface area contributed by atoms with Crippen molar-refractivity contribution in [1.82, 2.24) is 35.0 Å². The Bertz CT molecular complexity index is 1950. The van der Waals surface area contributed by atoms with Gasteiger partial charge in [-0.05, 0) is 49.2 Å². The number of aryl methyl sites for hydroxylation is 1. The molecule has 2 atom stereocenters. The molecule has 6 heterocycles. The highest BCUT2D eigenvalue weighted by molar-refractivity contribution is 7.16. The predicted octanol–water partition coefficient (Wildman–Crippen LogP) is 3.28. The lowest BCUT2D eigenvalue weighted by atomic mass is 10.1. The number of benzene rings is 1. The van der Waals surface area contributed by atoms with Gasteiger partial charge < -0.3 is 25.5 Å². The minimum Gasteiger partial charge on any atom is -0.392 e. The summed E-state index contributed by atoms with van der Waals surface area (Å²) >= 11 is 1.27. The van der Waals surface area contributed by atoms with Gasteiger partial charge in [-0.15, -0.1) is 0 Å². The number of aliphatic hydroxyl groups is 1. The summed E-state index contributed by atoms with van der Waals surface area (Å²) in [6, 6.07) is 11.8. The lowest BCUT2D eigenvalue weighted by molar-refractivity contribution is -0.123. The van der Waals surface area contributed by atoms with Crippen molar-refractivity contribution in [1.29, 1.82) is 5.26 Å². The molecule has 0 saturated carbocycles. The van der Waals surface area contributed by atoms with Crippen LogP contribution >= 0.6 is 11.3 Å². The second-order valence-electron chi connectivity index (χ2n) is 11.5. The molecule has 0 bridgehead atoms. The van der Waals surface area contributed by atoms with Gasteiger partial charge >= 0.3 is 0 Å². The van der Waals surface area contributed by atoms with Crippen LogP contribution in [-0.2, 0) is 11.2 Å². The van der Waals surface area contributed by atoms with E-state index in [4.69, 9.17) is 9.97 Å². The van der Waals surface area contributed by atoms with Crippen LogP contribution in [0.3, 0.4) is 0 Å². The van der Waals surface area contributed by atoms with Crippen molar-refractivity contribution in [3.63, 3.8) is 0 Å². The molecule has 3 N–H and O–H groups in total. The molecule has 1 aromatic carbocycles. The van der Waals surface area contributed by atoms with Crippen LogP contribution in [0.15, 0.2) is 55.0 Å². The molecule has 7 rings (SSSR count). The fourth-order valence-corrected chi connectivity index (χ4v) is 6.70. The van der Waals surface area contributed by atoms with Gasteiger partial charge in [-0.3, -0.25) is 9.20 Å². The van der Waals surface area contributed by atoms with Crippen molar-refractivity contribution in [2.75, 3.05) is 36.5 Å².